The number of rotatable bonds is 9. The van der Waals surface area contributed by atoms with Gasteiger partial charge < -0.3 is 10.1 Å². The van der Waals surface area contributed by atoms with Crippen LogP contribution in [0.25, 0.3) is 11.3 Å². The number of nitrogens with one attached hydrogen (secondary N) is 2. The molecule has 1 fully saturated rings. The number of benzene rings is 1. The molecule has 1 aliphatic carbocycles. The number of amides is 1. The summed E-state index contributed by atoms with van der Waals surface area (Å²) in [6.07, 6.45) is 5.21. The molecule has 3 aromatic rings. The van der Waals surface area contributed by atoms with Gasteiger partial charge in [0.2, 0.25) is 11.8 Å². The molecule has 0 bridgehead atoms. The Kier molecular flexibility index (Phi) is 6.52. The van der Waals surface area contributed by atoms with E-state index in [2.05, 4.69) is 25.0 Å². The predicted molar refractivity (Wildman–Crippen MR) is 127 cm³/mol. The first-order valence-electron chi connectivity index (χ1n) is 10.4. The van der Waals surface area contributed by atoms with Gasteiger partial charge in [-0.2, -0.15) is 0 Å². The van der Waals surface area contributed by atoms with Crippen molar-refractivity contribution in [3.63, 3.8) is 0 Å². The van der Waals surface area contributed by atoms with E-state index in [1.165, 1.54) is 11.3 Å². The molecule has 1 aliphatic rings. The van der Waals surface area contributed by atoms with Gasteiger partial charge in [-0.05, 0) is 45.7 Å². The minimum Gasteiger partial charge on any atom is -0.477 e. The zero-order chi connectivity index (χ0) is 22.7. The number of nitrogens with zero attached hydrogens (tertiary/aromatic N) is 3. The van der Waals surface area contributed by atoms with Crippen LogP contribution in [0, 0.1) is 0 Å². The fourth-order valence-electron chi connectivity index (χ4n) is 2.89. The number of carbonyl (C=O) groups is 1. The standard InChI is InChI=1S/C22H25N5O3S2/c1-4-30-19-12-23-11-17(25-19)14-5-7-15(8-6-14)24-20(28)22(2,3)18-13-31-21(26-18)27-32(29)16-9-10-16/h5-8,11-13,16H,4,9-10H2,1-3H3,(H,24,28)(H,26,27). The molecular weight excluding hydrogens is 446 g/mol. The Bertz CT molecular complexity index is 1130. The van der Waals surface area contributed by atoms with E-state index >= 15 is 0 Å². The van der Waals surface area contributed by atoms with Gasteiger partial charge in [-0.25, -0.2) is 14.2 Å². The van der Waals surface area contributed by atoms with Crippen LogP contribution in [-0.2, 0) is 21.2 Å². The monoisotopic (exact) mass is 471 g/mol. The second kappa shape index (κ2) is 9.33. The Morgan fingerprint density at radius 3 is 2.66 bits per heavy atom. The SMILES string of the molecule is CCOc1cncc(-c2ccc(NC(=O)C(C)(C)c3csc(NS(=O)C4CC4)n3)cc2)n1. The molecule has 168 valence electrons. The highest BCUT2D eigenvalue weighted by Gasteiger charge is 2.33. The first kappa shape index (κ1) is 22.3. The Hall–Kier alpha value is -2.85. The van der Waals surface area contributed by atoms with E-state index in [0.717, 1.165) is 18.4 Å². The van der Waals surface area contributed by atoms with Crippen molar-refractivity contribution in [2.24, 2.45) is 0 Å². The first-order valence-corrected chi connectivity index (χ1v) is 12.5. The maximum absolute atomic E-state index is 13.0. The van der Waals surface area contributed by atoms with Crippen LogP contribution >= 0.6 is 11.3 Å². The molecule has 1 amide bonds. The minimum absolute atomic E-state index is 0.177. The largest absolute Gasteiger partial charge is 0.477 e. The van der Waals surface area contributed by atoms with Crippen molar-refractivity contribution in [1.29, 1.82) is 0 Å². The van der Waals surface area contributed by atoms with Gasteiger partial charge in [0, 0.05) is 16.6 Å². The molecule has 2 heterocycles. The molecular formula is C22H25N5O3S2. The Labute approximate surface area is 193 Å². The van der Waals surface area contributed by atoms with Crippen LogP contribution in [0.2, 0.25) is 0 Å². The highest BCUT2D eigenvalue weighted by molar-refractivity contribution is 7.87. The van der Waals surface area contributed by atoms with Crippen LogP contribution in [0.4, 0.5) is 10.8 Å². The number of thiazole rings is 1. The minimum atomic E-state index is -1.11. The molecule has 8 nitrogen and oxygen atoms in total. The van der Waals surface area contributed by atoms with Crippen molar-refractivity contribution in [3.8, 4) is 17.1 Å². The number of anilines is 2. The van der Waals surface area contributed by atoms with Gasteiger partial charge in [0.1, 0.15) is 11.0 Å². The van der Waals surface area contributed by atoms with Crippen LogP contribution in [-0.4, -0.2) is 36.9 Å². The van der Waals surface area contributed by atoms with Crippen molar-refractivity contribution < 1.29 is 13.7 Å². The number of hydrogen-bond acceptors (Lipinski definition) is 7. The van der Waals surface area contributed by atoms with Gasteiger partial charge in [0.15, 0.2) is 5.13 Å². The van der Waals surface area contributed by atoms with Crippen molar-refractivity contribution >= 4 is 39.0 Å². The van der Waals surface area contributed by atoms with Gasteiger partial charge in [0.25, 0.3) is 0 Å². The molecule has 1 atom stereocenters. The van der Waals surface area contributed by atoms with Crippen LogP contribution < -0.4 is 14.8 Å². The van der Waals surface area contributed by atoms with Crippen molar-refractivity contribution in [3.05, 3.63) is 47.7 Å². The van der Waals surface area contributed by atoms with Crippen LogP contribution in [0.5, 0.6) is 5.88 Å². The van der Waals surface area contributed by atoms with E-state index in [-0.39, 0.29) is 11.2 Å². The first-order chi connectivity index (χ1) is 15.4. The third-order valence-corrected chi connectivity index (χ3v) is 7.43. The second-order valence-corrected chi connectivity index (χ2v) is 10.3. The fourth-order valence-corrected chi connectivity index (χ4v) is 5.00. The summed E-state index contributed by atoms with van der Waals surface area (Å²) < 4.78 is 20.4. The molecule has 1 saturated carbocycles. The van der Waals surface area contributed by atoms with E-state index in [9.17, 15) is 9.00 Å². The number of carbonyl (C=O) groups excluding carboxylic acids is 1. The van der Waals surface area contributed by atoms with E-state index < -0.39 is 16.4 Å². The normalized spacial score (nSPS) is 14.6. The maximum atomic E-state index is 13.0. The van der Waals surface area contributed by atoms with Crippen LogP contribution in [0.3, 0.4) is 0 Å². The van der Waals surface area contributed by atoms with E-state index in [1.807, 2.05) is 50.4 Å². The Balaban J connectivity index is 1.42. The third-order valence-electron chi connectivity index (χ3n) is 5.07. The van der Waals surface area contributed by atoms with Gasteiger partial charge in [-0.15, -0.1) is 11.3 Å². The predicted octanol–water partition coefficient (Wildman–Crippen LogP) is 4.15. The fraction of sp³-hybridized carbons (Fsp3) is 0.364. The summed E-state index contributed by atoms with van der Waals surface area (Å²) in [6, 6.07) is 7.40. The summed E-state index contributed by atoms with van der Waals surface area (Å²) in [7, 11) is -1.11. The van der Waals surface area contributed by atoms with E-state index in [1.54, 1.807) is 12.4 Å². The summed E-state index contributed by atoms with van der Waals surface area (Å²) in [5.74, 6) is 0.297. The van der Waals surface area contributed by atoms with Gasteiger partial charge in [-0.3, -0.25) is 14.5 Å². The van der Waals surface area contributed by atoms with E-state index in [4.69, 9.17) is 4.74 Å². The van der Waals surface area contributed by atoms with Crippen molar-refractivity contribution in [2.75, 3.05) is 16.6 Å². The Morgan fingerprint density at radius 2 is 1.97 bits per heavy atom. The van der Waals surface area contributed by atoms with Crippen molar-refractivity contribution in [1.82, 2.24) is 15.0 Å². The number of hydrogen-bond donors (Lipinski definition) is 2. The number of aromatic nitrogens is 3. The molecule has 0 spiro atoms. The lowest BCUT2D eigenvalue weighted by Crippen LogP contribution is -2.35. The summed E-state index contributed by atoms with van der Waals surface area (Å²) in [4.78, 5) is 26.1. The molecule has 10 heteroatoms. The average molecular weight is 472 g/mol. The van der Waals surface area contributed by atoms with Crippen LogP contribution in [0.1, 0.15) is 39.3 Å². The smallest absolute Gasteiger partial charge is 0.236 e. The lowest BCUT2D eigenvalue weighted by molar-refractivity contribution is -0.120. The summed E-state index contributed by atoms with van der Waals surface area (Å²) in [5.41, 5.74) is 2.02. The lowest BCUT2D eigenvalue weighted by Gasteiger charge is -2.21. The summed E-state index contributed by atoms with van der Waals surface area (Å²) in [5, 5.41) is 5.58. The molecule has 0 aliphatic heterocycles. The summed E-state index contributed by atoms with van der Waals surface area (Å²) in [6.45, 7) is 6.06. The maximum Gasteiger partial charge on any atom is 0.236 e. The molecule has 32 heavy (non-hydrogen) atoms. The zero-order valence-corrected chi connectivity index (χ0v) is 19.8. The molecule has 0 radical (unpaired) electrons. The molecule has 1 aromatic carbocycles. The van der Waals surface area contributed by atoms with Crippen LogP contribution in [0.15, 0.2) is 42.0 Å². The quantitative estimate of drug-likeness (QED) is 0.486. The van der Waals surface area contributed by atoms with Gasteiger partial charge in [-0.1, -0.05) is 12.1 Å². The molecule has 2 N–H and O–H groups in total. The molecule has 1 unspecified atom stereocenters. The number of ether oxygens (including phenoxy) is 1. The van der Waals surface area contributed by atoms with Gasteiger partial charge >= 0.3 is 0 Å². The lowest BCUT2D eigenvalue weighted by atomic mass is 9.89. The highest BCUT2D eigenvalue weighted by atomic mass is 32.2. The van der Waals surface area contributed by atoms with Crippen molar-refractivity contribution in [2.45, 2.75) is 44.3 Å². The molecule has 2 aromatic heterocycles. The topological polar surface area (TPSA) is 106 Å². The van der Waals surface area contributed by atoms with E-state index in [0.29, 0.717) is 34.7 Å². The highest BCUT2D eigenvalue weighted by Crippen LogP contribution is 2.31. The Morgan fingerprint density at radius 1 is 1.22 bits per heavy atom. The second-order valence-electron chi connectivity index (χ2n) is 7.97. The third kappa shape index (κ3) is 5.13. The zero-order valence-electron chi connectivity index (χ0n) is 18.1. The average Bonchev–Trinajstić information content (AvgIpc) is 3.53. The van der Waals surface area contributed by atoms with Gasteiger partial charge in [0.05, 0.1) is 41.1 Å². The molecule has 0 saturated heterocycles. The summed E-state index contributed by atoms with van der Waals surface area (Å²) >= 11 is 1.36. The molecule has 4 rings (SSSR count).